The minimum atomic E-state index is -3.67. The number of carbonyl (C=O) groups excluding carboxylic acids is 2. The smallest absolute Gasteiger partial charge is 0.414 e. The number of carbonyl (C=O) groups is 2. The molecule has 14 heteroatoms. The number of sulfonamides is 1. The van der Waals surface area contributed by atoms with Crippen LogP contribution in [0.15, 0.2) is 66.9 Å². The van der Waals surface area contributed by atoms with E-state index in [1.54, 1.807) is 12.1 Å². The van der Waals surface area contributed by atoms with Crippen molar-refractivity contribution < 1.29 is 31.9 Å². The van der Waals surface area contributed by atoms with Crippen LogP contribution in [0.5, 0.6) is 11.6 Å². The number of hydrogen-bond acceptors (Lipinski definition) is 8. The fourth-order valence-corrected chi connectivity index (χ4v) is 4.54. The van der Waals surface area contributed by atoms with E-state index in [4.69, 9.17) is 9.47 Å². The molecule has 0 bridgehead atoms. The number of methoxy groups -OCH3 is 1. The van der Waals surface area contributed by atoms with Crippen LogP contribution in [0.4, 0.5) is 20.6 Å². The van der Waals surface area contributed by atoms with Crippen molar-refractivity contribution in [2.24, 2.45) is 0 Å². The molecule has 0 saturated heterocycles. The van der Waals surface area contributed by atoms with E-state index in [0.29, 0.717) is 0 Å². The Bertz CT molecular complexity index is 1750. The number of amides is 2. The molecule has 0 unspecified atom stereocenters. The summed E-state index contributed by atoms with van der Waals surface area (Å²) in [6, 6.07) is 16.1. The highest BCUT2D eigenvalue weighted by atomic mass is 32.2. The monoisotopic (exact) mass is 610 g/mol. The Labute approximate surface area is 248 Å². The van der Waals surface area contributed by atoms with E-state index in [2.05, 4.69) is 25.7 Å². The number of nitrogens with one attached hydrogen (secondary N) is 3. The summed E-state index contributed by atoms with van der Waals surface area (Å²) in [4.78, 5) is 25.5. The largest absolute Gasteiger partial charge is 0.492 e. The van der Waals surface area contributed by atoms with Crippen molar-refractivity contribution in [1.82, 2.24) is 20.3 Å². The van der Waals surface area contributed by atoms with Gasteiger partial charge in [0.25, 0.3) is 11.8 Å². The second-order valence-corrected chi connectivity index (χ2v) is 12.3. The minimum Gasteiger partial charge on any atom is -0.492 e. The third kappa shape index (κ3) is 8.07. The average Bonchev–Trinajstić information content (AvgIpc) is 3.39. The molecule has 2 amide bonds. The quantitative estimate of drug-likeness (QED) is 0.248. The van der Waals surface area contributed by atoms with Crippen LogP contribution < -0.4 is 24.8 Å². The molecule has 12 nitrogen and oxygen atoms in total. The normalized spacial score (nSPS) is 11.5. The highest BCUT2D eigenvalue weighted by molar-refractivity contribution is 7.92. The average molecular weight is 611 g/mol. The van der Waals surface area contributed by atoms with Crippen molar-refractivity contribution >= 4 is 33.4 Å². The lowest BCUT2D eigenvalue weighted by molar-refractivity contribution is 0.102. The molecule has 3 aromatic carbocycles. The van der Waals surface area contributed by atoms with Crippen LogP contribution in [0.1, 0.15) is 42.3 Å². The Morgan fingerprint density at radius 2 is 1.72 bits per heavy atom. The predicted octanol–water partition coefficient (Wildman–Crippen LogP) is 4.62. The molecule has 0 aliphatic heterocycles. The molecule has 4 rings (SSSR count). The van der Waals surface area contributed by atoms with Crippen LogP contribution in [-0.4, -0.2) is 48.8 Å². The number of anilines is 2. The summed E-state index contributed by atoms with van der Waals surface area (Å²) in [5.74, 6) is -1.44. The molecule has 3 N–H and O–H groups in total. The Balaban J connectivity index is 1.56. The predicted molar refractivity (Wildman–Crippen MR) is 159 cm³/mol. The van der Waals surface area contributed by atoms with E-state index in [-0.39, 0.29) is 40.8 Å². The topological polar surface area (TPSA) is 154 Å². The SMILES string of the molecule is COc1c(NC(=O)c2ccc(F)c(-n3cc(OC(=O)NCc4ccccc4)nn3)c2)cc(C(C)(C)C)cc1NS(C)(=O)=O. The van der Waals surface area contributed by atoms with Crippen LogP contribution in [0.3, 0.4) is 0 Å². The standard InChI is InChI=1S/C29H31FN6O6S/c1-29(2,3)20-14-22(26(41-4)23(15-20)34-43(5,39)40)32-27(37)19-11-12-21(30)24(13-19)36-17-25(33-35-36)42-28(38)31-16-18-9-7-6-8-10-18/h6-15,17,34H,16H2,1-5H3,(H,31,38)(H,32,37). The fourth-order valence-electron chi connectivity index (χ4n) is 3.99. The van der Waals surface area contributed by atoms with Crippen molar-refractivity contribution in [1.29, 1.82) is 0 Å². The van der Waals surface area contributed by atoms with Gasteiger partial charge in [-0.2, -0.15) is 0 Å². The summed E-state index contributed by atoms with van der Waals surface area (Å²) >= 11 is 0. The van der Waals surface area contributed by atoms with Gasteiger partial charge >= 0.3 is 6.09 Å². The number of rotatable bonds is 9. The molecule has 4 aromatic rings. The third-order valence-electron chi connectivity index (χ3n) is 6.11. The van der Waals surface area contributed by atoms with Crippen molar-refractivity contribution in [2.45, 2.75) is 32.7 Å². The maximum absolute atomic E-state index is 14.8. The molecule has 1 aromatic heterocycles. The summed E-state index contributed by atoms with van der Waals surface area (Å²) < 4.78 is 52.9. The highest BCUT2D eigenvalue weighted by Gasteiger charge is 2.23. The number of aromatic nitrogens is 3. The fraction of sp³-hybridized carbons (Fsp3) is 0.241. The first-order valence-electron chi connectivity index (χ1n) is 13.0. The van der Waals surface area contributed by atoms with E-state index in [1.807, 2.05) is 51.1 Å². The first kappa shape index (κ1) is 31.0. The van der Waals surface area contributed by atoms with Crippen molar-refractivity contribution in [2.75, 3.05) is 23.4 Å². The minimum absolute atomic E-state index is 0.0517. The molecular formula is C29H31FN6O6S. The first-order chi connectivity index (χ1) is 20.2. The zero-order valence-electron chi connectivity index (χ0n) is 24.1. The zero-order chi connectivity index (χ0) is 31.4. The van der Waals surface area contributed by atoms with Gasteiger partial charge in [0.2, 0.25) is 10.0 Å². The van der Waals surface area contributed by atoms with E-state index in [9.17, 15) is 22.4 Å². The van der Waals surface area contributed by atoms with Gasteiger partial charge in [-0.3, -0.25) is 9.52 Å². The van der Waals surface area contributed by atoms with Gasteiger partial charge in [0, 0.05) is 12.1 Å². The molecule has 0 saturated carbocycles. The molecule has 0 aliphatic rings. The maximum atomic E-state index is 14.8. The molecule has 0 atom stereocenters. The summed E-state index contributed by atoms with van der Waals surface area (Å²) in [7, 11) is -2.32. The molecule has 0 fully saturated rings. The molecular weight excluding hydrogens is 579 g/mol. The molecule has 0 aliphatic carbocycles. The van der Waals surface area contributed by atoms with Crippen LogP contribution in [0.25, 0.3) is 5.69 Å². The van der Waals surface area contributed by atoms with E-state index < -0.39 is 33.3 Å². The van der Waals surface area contributed by atoms with Crippen molar-refractivity contribution in [3.05, 3.63) is 89.4 Å². The van der Waals surface area contributed by atoms with Gasteiger partial charge in [-0.25, -0.2) is 22.3 Å². The van der Waals surface area contributed by atoms with Crippen molar-refractivity contribution in [3.8, 4) is 17.3 Å². The Morgan fingerprint density at radius 3 is 2.37 bits per heavy atom. The van der Waals surface area contributed by atoms with E-state index in [1.165, 1.54) is 25.4 Å². The molecule has 0 spiro atoms. The first-order valence-corrected chi connectivity index (χ1v) is 14.9. The van der Waals surface area contributed by atoms with Gasteiger partial charge in [0.05, 0.1) is 30.9 Å². The van der Waals surface area contributed by atoms with Crippen LogP contribution in [0, 0.1) is 5.82 Å². The lowest BCUT2D eigenvalue weighted by Gasteiger charge is -2.24. The lowest BCUT2D eigenvalue weighted by atomic mass is 9.86. The Kier molecular flexibility index (Phi) is 8.99. The summed E-state index contributed by atoms with van der Waals surface area (Å²) in [5, 5.41) is 12.9. The van der Waals surface area contributed by atoms with Crippen molar-refractivity contribution in [3.63, 3.8) is 0 Å². The third-order valence-corrected chi connectivity index (χ3v) is 6.70. The van der Waals surface area contributed by atoms with Gasteiger partial charge in [0.1, 0.15) is 11.5 Å². The molecule has 1 heterocycles. The maximum Gasteiger partial charge on any atom is 0.414 e. The number of ether oxygens (including phenoxy) is 2. The Morgan fingerprint density at radius 1 is 1.02 bits per heavy atom. The molecule has 226 valence electrons. The number of nitrogens with zero attached hydrogens (tertiary/aromatic N) is 3. The van der Waals surface area contributed by atoms with Gasteiger partial charge in [-0.05, 0) is 46.9 Å². The zero-order valence-corrected chi connectivity index (χ0v) is 25.0. The van der Waals surface area contributed by atoms with Gasteiger partial charge in [-0.1, -0.05) is 61.4 Å². The van der Waals surface area contributed by atoms with Crippen LogP contribution in [0.2, 0.25) is 0 Å². The number of benzene rings is 3. The molecule has 43 heavy (non-hydrogen) atoms. The van der Waals surface area contributed by atoms with E-state index >= 15 is 0 Å². The van der Waals surface area contributed by atoms with Gasteiger partial charge < -0.3 is 20.1 Å². The Hall–Kier alpha value is -4.98. The van der Waals surface area contributed by atoms with Crippen LogP contribution >= 0.6 is 0 Å². The summed E-state index contributed by atoms with van der Waals surface area (Å²) in [5.41, 5.74) is 1.45. The van der Waals surface area contributed by atoms with Crippen LogP contribution in [-0.2, 0) is 22.0 Å². The van der Waals surface area contributed by atoms with E-state index in [0.717, 1.165) is 28.1 Å². The molecule has 0 radical (unpaired) electrons. The number of hydrogen-bond donors (Lipinski definition) is 3. The second kappa shape index (κ2) is 12.5. The lowest BCUT2D eigenvalue weighted by Crippen LogP contribution is -2.26. The summed E-state index contributed by atoms with van der Waals surface area (Å²) in [6.45, 7) is 6.02. The van der Waals surface area contributed by atoms with Gasteiger partial charge in [-0.15, -0.1) is 0 Å². The second-order valence-electron chi connectivity index (χ2n) is 10.6. The highest BCUT2D eigenvalue weighted by Crippen LogP contribution is 2.39. The summed E-state index contributed by atoms with van der Waals surface area (Å²) in [6.07, 6.45) is 1.42. The van der Waals surface area contributed by atoms with Gasteiger partial charge in [0.15, 0.2) is 5.75 Å². The number of halogens is 1.